The van der Waals surface area contributed by atoms with Crippen LogP contribution in [0.4, 0.5) is 4.79 Å². The number of nitrogens with zero attached hydrogens (tertiary/aromatic N) is 1. The topological polar surface area (TPSA) is 75.7 Å². The number of hydrogen-bond acceptors (Lipinski definition) is 4. The molecule has 2 rings (SSSR count). The van der Waals surface area contributed by atoms with Gasteiger partial charge in [0.05, 0.1) is 12.1 Å². The highest BCUT2D eigenvalue weighted by atomic mass is 16.5. The molecule has 1 heterocycles. The number of Topliss-reactive ketones (excluding diaryl/α,β-unsaturated/α-hetero) is 1. The van der Waals surface area contributed by atoms with Crippen molar-refractivity contribution in [3.63, 3.8) is 0 Å². The zero-order valence-corrected chi connectivity index (χ0v) is 13.7. The van der Waals surface area contributed by atoms with Crippen molar-refractivity contribution in [2.24, 2.45) is 0 Å². The van der Waals surface area contributed by atoms with Crippen molar-refractivity contribution in [2.45, 2.75) is 39.2 Å². The molecule has 3 amide bonds. The Labute approximate surface area is 135 Å². The van der Waals surface area contributed by atoms with Gasteiger partial charge in [0.2, 0.25) is 0 Å². The normalized spacial score (nSPS) is 16.4. The Balaban J connectivity index is 2.01. The highest BCUT2D eigenvalue weighted by Crippen LogP contribution is 2.25. The quantitative estimate of drug-likeness (QED) is 0.618. The lowest BCUT2D eigenvalue weighted by Crippen LogP contribution is -2.46. The molecule has 0 spiro atoms. The van der Waals surface area contributed by atoms with Gasteiger partial charge >= 0.3 is 6.03 Å². The second kappa shape index (κ2) is 6.81. The summed E-state index contributed by atoms with van der Waals surface area (Å²) >= 11 is 0. The van der Waals surface area contributed by atoms with Crippen molar-refractivity contribution in [3.05, 3.63) is 29.8 Å². The number of benzene rings is 1. The van der Waals surface area contributed by atoms with Crippen LogP contribution in [0, 0.1) is 0 Å². The molecule has 0 unspecified atom stereocenters. The number of para-hydroxylation sites is 1. The summed E-state index contributed by atoms with van der Waals surface area (Å²) in [6, 6.07) is 6.53. The molecule has 1 aliphatic heterocycles. The van der Waals surface area contributed by atoms with Gasteiger partial charge in [-0.05, 0) is 31.9 Å². The first kappa shape index (κ1) is 17.0. The number of nitrogens with one attached hydrogen (secondary N) is 1. The molecule has 1 N–H and O–H groups in total. The van der Waals surface area contributed by atoms with Crippen molar-refractivity contribution >= 4 is 17.7 Å². The summed E-state index contributed by atoms with van der Waals surface area (Å²) in [7, 11) is 0. The van der Waals surface area contributed by atoms with E-state index in [9.17, 15) is 14.4 Å². The van der Waals surface area contributed by atoms with Gasteiger partial charge in [-0.3, -0.25) is 14.5 Å². The van der Waals surface area contributed by atoms with Crippen LogP contribution in [0.5, 0.6) is 5.75 Å². The lowest BCUT2D eigenvalue weighted by molar-refractivity contribution is -0.131. The van der Waals surface area contributed by atoms with Gasteiger partial charge < -0.3 is 10.1 Å². The number of ether oxygens (including phenoxy) is 1. The minimum Gasteiger partial charge on any atom is -0.491 e. The van der Waals surface area contributed by atoms with Gasteiger partial charge in [0.15, 0.2) is 5.78 Å². The number of urea groups is 1. The van der Waals surface area contributed by atoms with Crippen LogP contribution < -0.4 is 10.1 Å². The number of imide groups is 1. The number of amides is 3. The minimum atomic E-state index is -0.797. The van der Waals surface area contributed by atoms with Crippen LogP contribution in [0.15, 0.2) is 24.3 Å². The van der Waals surface area contributed by atoms with E-state index < -0.39 is 5.54 Å². The van der Waals surface area contributed by atoms with Gasteiger partial charge in [0.1, 0.15) is 17.9 Å². The number of carbonyl (C=O) groups excluding carboxylic acids is 3. The highest BCUT2D eigenvalue weighted by Gasteiger charge is 2.48. The lowest BCUT2D eigenvalue weighted by Gasteiger charge is -2.23. The van der Waals surface area contributed by atoms with E-state index in [4.69, 9.17) is 4.74 Å². The van der Waals surface area contributed by atoms with E-state index in [0.717, 1.165) is 0 Å². The van der Waals surface area contributed by atoms with Gasteiger partial charge in [0, 0.05) is 0 Å². The third kappa shape index (κ3) is 3.21. The van der Waals surface area contributed by atoms with E-state index >= 15 is 0 Å². The van der Waals surface area contributed by atoms with Gasteiger partial charge in [-0.15, -0.1) is 0 Å². The Morgan fingerprint density at radius 2 is 1.87 bits per heavy atom. The molecule has 0 saturated carbocycles. The van der Waals surface area contributed by atoms with E-state index in [1.54, 1.807) is 24.3 Å². The van der Waals surface area contributed by atoms with Crippen LogP contribution in [0.2, 0.25) is 0 Å². The van der Waals surface area contributed by atoms with E-state index in [2.05, 4.69) is 5.32 Å². The van der Waals surface area contributed by atoms with E-state index in [0.29, 0.717) is 24.2 Å². The third-order valence-electron chi connectivity index (χ3n) is 4.29. The molecule has 0 aliphatic carbocycles. The fourth-order valence-electron chi connectivity index (χ4n) is 2.74. The summed E-state index contributed by atoms with van der Waals surface area (Å²) in [5.41, 5.74) is -0.310. The minimum absolute atomic E-state index is 0.0911. The predicted molar refractivity (Wildman–Crippen MR) is 85.5 cm³/mol. The fraction of sp³-hybridized carbons (Fsp3) is 0.471. The van der Waals surface area contributed by atoms with E-state index in [1.807, 2.05) is 13.8 Å². The smallest absolute Gasteiger partial charge is 0.325 e. The average Bonchev–Trinajstić information content (AvgIpc) is 2.79. The Morgan fingerprint density at radius 1 is 1.22 bits per heavy atom. The van der Waals surface area contributed by atoms with Crippen molar-refractivity contribution in [3.8, 4) is 5.75 Å². The Morgan fingerprint density at radius 3 is 2.43 bits per heavy atom. The molecule has 1 fully saturated rings. The molecule has 6 nitrogen and oxygen atoms in total. The summed E-state index contributed by atoms with van der Waals surface area (Å²) in [4.78, 5) is 37.2. The Bertz CT molecular complexity index is 623. The molecular weight excluding hydrogens is 296 g/mol. The molecule has 0 radical (unpaired) electrons. The monoisotopic (exact) mass is 318 g/mol. The largest absolute Gasteiger partial charge is 0.491 e. The first-order valence-electron chi connectivity index (χ1n) is 7.82. The SMILES string of the molecule is CCC1(CC)NC(=O)N(CCOc2ccccc2C(C)=O)C1=O. The maximum atomic E-state index is 12.5. The van der Waals surface area contributed by atoms with Crippen molar-refractivity contribution in [1.29, 1.82) is 0 Å². The zero-order valence-electron chi connectivity index (χ0n) is 13.7. The first-order chi connectivity index (χ1) is 10.9. The van der Waals surface area contributed by atoms with Crippen LogP contribution in [0.3, 0.4) is 0 Å². The fourth-order valence-corrected chi connectivity index (χ4v) is 2.74. The summed E-state index contributed by atoms with van der Waals surface area (Å²) in [5, 5.41) is 2.77. The molecule has 23 heavy (non-hydrogen) atoms. The summed E-state index contributed by atoms with van der Waals surface area (Å²) in [5.74, 6) is 0.159. The second-order valence-electron chi connectivity index (χ2n) is 5.58. The molecule has 1 aromatic carbocycles. The van der Waals surface area contributed by atoms with Crippen molar-refractivity contribution in [1.82, 2.24) is 10.2 Å². The van der Waals surface area contributed by atoms with Crippen LogP contribution in [0.1, 0.15) is 44.0 Å². The maximum absolute atomic E-state index is 12.5. The number of hydrogen-bond donors (Lipinski definition) is 1. The van der Waals surface area contributed by atoms with Crippen molar-refractivity contribution in [2.75, 3.05) is 13.2 Å². The molecule has 1 saturated heterocycles. The number of ketones is 1. The highest BCUT2D eigenvalue weighted by molar-refractivity contribution is 6.07. The summed E-state index contributed by atoms with van der Waals surface area (Å²) in [6.45, 7) is 5.53. The van der Waals surface area contributed by atoms with Crippen LogP contribution in [-0.4, -0.2) is 41.3 Å². The van der Waals surface area contributed by atoms with Gasteiger partial charge in [-0.25, -0.2) is 4.79 Å². The van der Waals surface area contributed by atoms with Crippen molar-refractivity contribution < 1.29 is 19.1 Å². The van der Waals surface area contributed by atoms with Gasteiger partial charge in [-0.2, -0.15) is 0 Å². The zero-order chi connectivity index (χ0) is 17.0. The molecular formula is C17H22N2O4. The van der Waals surface area contributed by atoms with Crippen LogP contribution in [0.25, 0.3) is 0 Å². The van der Waals surface area contributed by atoms with Crippen LogP contribution in [-0.2, 0) is 4.79 Å². The third-order valence-corrected chi connectivity index (χ3v) is 4.29. The van der Waals surface area contributed by atoms with E-state index in [1.165, 1.54) is 11.8 Å². The second-order valence-corrected chi connectivity index (χ2v) is 5.58. The number of rotatable bonds is 7. The average molecular weight is 318 g/mol. The standard InChI is InChI=1S/C17H22N2O4/c1-4-17(5-2)15(21)19(16(22)18-17)10-11-23-14-9-7-6-8-13(14)12(3)20/h6-9H,4-5,10-11H2,1-3H3,(H,18,22). The van der Waals surface area contributed by atoms with Gasteiger partial charge in [-0.1, -0.05) is 26.0 Å². The Kier molecular flexibility index (Phi) is 5.03. The lowest BCUT2D eigenvalue weighted by atomic mass is 9.93. The molecule has 1 aliphatic rings. The van der Waals surface area contributed by atoms with Gasteiger partial charge in [0.25, 0.3) is 5.91 Å². The molecule has 0 bridgehead atoms. The number of carbonyl (C=O) groups is 3. The van der Waals surface area contributed by atoms with Crippen LogP contribution >= 0.6 is 0 Å². The summed E-state index contributed by atoms with van der Waals surface area (Å²) in [6.07, 6.45) is 1.11. The first-order valence-corrected chi connectivity index (χ1v) is 7.82. The molecule has 1 aromatic rings. The molecule has 0 atom stereocenters. The summed E-state index contributed by atoms with van der Waals surface area (Å²) < 4.78 is 5.60. The van der Waals surface area contributed by atoms with E-state index in [-0.39, 0.29) is 30.9 Å². The predicted octanol–water partition coefficient (Wildman–Crippen LogP) is 2.38. The Hall–Kier alpha value is -2.37. The molecule has 0 aromatic heterocycles. The molecule has 6 heteroatoms. The molecule has 124 valence electrons. The maximum Gasteiger partial charge on any atom is 0.325 e.